The number of carbonyl (C=O) groups excluding carboxylic acids is 2. The highest BCUT2D eigenvalue weighted by Gasteiger charge is 2.23. The number of nitrogens with two attached hydrogens (primary N) is 1. The Kier molecular flexibility index (Phi) is 7.64. The van der Waals surface area contributed by atoms with E-state index < -0.39 is 11.7 Å². The van der Waals surface area contributed by atoms with Crippen molar-refractivity contribution in [1.82, 2.24) is 10.2 Å². The van der Waals surface area contributed by atoms with Gasteiger partial charge in [-0.05, 0) is 40.5 Å². The van der Waals surface area contributed by atoms with Crippen LogP contribution in [0.3, 0.4) is 0 Å². The van der Waals surface area contributed by atoms with E-state index in [1.165, 1.54) is 6.42 Å². The molecule has 0 aliphatic carbocycles. The number of carbonyl (C=O) groups is 2. The van der Waals surface area contributed by atoms with Crippen molar-refractivity contribution in [2.45, 2.75) is 46.1 Å². The van der Waals surface area contributed by atoms with Gasteiger partial charge in [-0.2, -0.15) is 0 Å². The predicted octanol–water partition coefficient (Wildman–Crippen LogP) is 1.24. The first-order valence-electron chi connectivity index (χ1n) is 6.63. The minimum atomic E-state index is -0.650. The summed E-state index contributed by atoms with van der Waals surface area (Å²) < 4.78 is 5.15. The molecule has 0 atom stereocenters. The molecule has 7 heteroatoms. The number of unbranched alkanes of at least 4 members (excludes halogenated alkanes) is 1. The summed E-state index contributed by atoms with van der Waals surface area (Å²) >= 11 is 0. The van der Waals surface area contributed by atoms with Crippen molar-refractivity contribution in [3.8, 4) is 0 Å². The maximum Gasteiger partial charge on any atom is 0.417 e. The minimum absolute atomic E-state index is 0.140. The summed E-state index contributed by atoms with van der Waals surface area (Å²) in [6.07, 6.45) is 1.88. The van der Waals surface area contributed by atoms with Crippen LogP contribution in [0.25, 0.3) is 0 Å². The maximum absolute atomic E-state index is 11.8. The van der Waals surface area contributed by atoms with E-state index >= 15 is 0 Å². The lowest BCUT2D eigenvalue weighted by atomic mass is 10.2. The van der Waals surface area contributed by atoms with Crippen LogP contribution in [0, 0.1) is 11.8 Å². The molecule has 0 aromatic heterocycles. The lowest BCUT2D eigenvalue weighted by molar-refractivity contribution is -0.117. The summed E-state index contributed by atoms with van der Waals surface area (Å²) in [5.41, 5.74) is 4.72. The molecule has 1 radical (unpaired) electrons. The number of hydrogen-bond donors (Lipinski definition) is 3. The zero-order chi connectivity index (χ0) is 15.8. The maximum atomic E-state index is 11.8. The van der Waals surface area contributed by atoms with Gasteiger partial charge < -0.3 is 15.8 Å². The van der Waals surface area contributed by atoms with E-state index in [1.54, 1.807) is 20.8 Å². The summed E-state index contributed by atoms with van der Waals surface area (Å²) in [7, 11) is 0. The van der Waals surface area contributed by atoms with Crippen LogP contribution in [0.15, 0.2) is 0 Å². The number of guanidine groups is 1. The summed E-state index contributed by atoms with van der Waals surface area (Å²) in [6.45, 7) is 7.88. The van der Waals surface area contributed by atoms with Gasteiger partial charge >= 0.3 is 6.09 Å². The van der Waals surface area contributed by atoms with E-state index in [0.29, 0.717) is 19.4 Å². The molecule has 0 spiro atoms. The summed E-state index contributed by atoms with van der Waals surface area (Å²) in [4.78, 5) is 24.1. The van der Waals surface area contributed by atoms with Crippen LogP contribution >= 0.6 is 0 Å². The van der Waals surface area contributed by atoms with Gasteiger partial charge in [-0.3, -0.25) is 10.2 Å². The molecule has 0 saturated heterocycles. The second kappa shape index (κ2) is 8.39. The first kappa shape index (κ1) is 18.2. The van der Waals surface area contributed by atoms with Crippen LogP contribution in [0.2, 0.25) is 0 Å². The second-order valence-electron chi connectivity index (χ2n) is 5.26. The molecule has 0 aromatic rings. The van der Waals surface area contributed by atoms with Gasteiger partial charge in [-0.15, -0.1) is 0 Å². The summed E-state index contributed by atoms with van der Waals surface area (Å²) in [6, 6.07) is 0. The van der Waals surface area contributed by atoms with Crippen LogP contribution in [0.5, 0.6) is 0 Å². The van der Waals surface area contributed by atoms with Crippen molar-refractivity contribution in [2.75, 3.05) is 13.1 Å². The van der Waals surface area contributed by atoms with Crippen LogP contribution in [0.1, 0.15) is 40.5 Å². The summed E-state index contributed by atoms with van der Waals surface area (Å²) in [5, 5.41) is 10.0. The van der Waals surface area contributed by atoms with E-state index in [9.17, 15) is 9.59 Å². The van der Waals surface area contributed by atoms with Gasteiger partial charge in [-0.25, -0.2) is 9.69 Å². The average Bonchev–Trinajstić information content (AvgIpc) is 2.25. The lowest BCUT2D eigenvalue weighted by Gasteiger charge is -2.26. The molecule has 0 saturated carbocycles. The Bertz CT molecular complexity index is 350. The molecule has 0 fully saturated rings. The molecule has 0 aliphatic heterocycles. The van der Waals surface area contributed by atoms with Gasteiger partial charge in [0.15, 0.2) is 5.96 Å². The van der Waals surface area contributed by atoms with Gasteiger partial charge in [-0.1, -0.05) is 0 Å². The number of ether oxygens (including phenoxy) is 1. The Balaban J connectivity index is 4.20. The SMILES string of the molecule is CCNC(=O)[CH]CCCN(C(=N)N)C(=O)OC(C)(C)C. The van der Waals surface area contributed by atoms with Crippen molar-refractivity contribution in [3.63, 3.8) is 0 Å². The van der Waals surface area contributed by atoms with Crippen LogP contribution in [-0.4, -0.2) is 41.6 Å². The molecule has 2 amide bonds. The fraction of sp³-hybridized carbons (Fsp3) is 0.692. The minimum Gasteiger partial charge on any atom is -0.443 e. The lowest BCUT2D eigenvalue weighted by Crippen LogP contribution is -2.44. The van der Waals surface area contributed by atoms with Gasteiger partial charge in [0.2, 0.25) is 5.91 Å². The fourth-order valence-electron chi connectivity index (χ4n) is 1.36. The predicted molar refractivity (Wildman–Crippen MR) is 77.1 cm³/mol. The van der Waals surface area contributed by atoms with Crippen LogP contribution in [0.4, 0.5) is 4.79 Å². The van der Waals surface area contributed by atoms with E-state index in [4.69, 9.17) is 15.9 Å². The molecule has 0 bridgehead atoms. The monoisotopic (exact) mass is 285 g/mol. The van der Waals surface area contributed by atoms with E-state index in [-0.39, 0.29) is 18.4 Å². The molecular weight excluding hydrogens is 260 g/mol. The molecule has 0 unspecified atom stereocenters. The normalized spacial score (nSPS) is 10.8. The molecule has 0 aliphatic rings. The zero-order valence-electron chi connectivity index (χ0n) is 12.7. The molecule has 4 N–H and O–H groups in total. The largest absolute Gasteiger partial charge is 0.443 e. The molecule has 20 heavy (non-hydrogen) atoms. The Hall–Kier alpha value is -1.79. The number of nitrogens with one attached hydrogen (secondary N) is 2. The third kappa shape index (κ3) is 8.34. The quantitative estimate of drug-likeness (QED) is 0.387. The first-order valence-corrected chi connectivity index (χ1v) is 6.63. The standard InChI is InChI=1S/C13H25N4O3/c1-5-16-10(18)8-6-7-9-17(11(14)15)12(19)20-13(2,3)4/h8H,5-7,9H2,1-4H3,(H3,14,15)(H,16,18). The van der Waals surface area contributed by atoms with Gasteiger partial charge in [0.05, 0.1) is 0 Å². The molecule has 115 valence electrons. The molecule has 0 aromatic carbocycles. The molecule has 0 heterocycles. The van der Waals surface area contributed by atoms with E-state index in [1.807, 2.05) is 6.92 Å². The third-order valence-corrected chi connectivity index (χ3v) is 2.17. The van der Waals surface area contributed by atoms with E-state index in [0.717, 1.165) is 4.90 Å². The Morgan fingerprint density at radius 3 is 2.45 bits per heavy atom. The Morgan fingerprint density at radius 1 is 1.40 bits per heavy atom. The Morgan fingerprint density at radius 2 is 2.00 bits per heavy atom. The highest BCUT2D eigenvalue weighted by molar-refractivity contribution is 5.91. The highest BCUT2D eigenvalue weighted by atomic mass is 16.6. The van der Waals surface area contributed by atoms with Crippen LogP contribution in [-0.2, 0) is 9.53 Å². The van der Waals surface area contributed by atoms with Crippen LogP contribution < -0.4 is 11.1 Å². The third-order valence-electron chi connectivity index (χ3n) is 2.17. The number of amides is 2. The van der Waals surface area contributed by atoms with Gasteiger partial charge in [0.25, 0.3) is 0 Å². The molecule has 0 rings (SSSR count). The van der Waals surface area contributed by atoms with Crippen molar-refractivity contribution in [3.05, 3.63) is 6.42 Å². The fourth-order valence-corrected chi connectivity index (χ4v) is 1.36. The topological polar surface area (TPSA) is 109 Å². The first-order chi connectivity index (χ1) is 9.17. The van der Waals surface area contributed by atoms with Gasteiger partial charge in [0, 0.05) is 19.5 Å². The van der Waals surface area contributed by atoms with Crippen molar-refractivity contribution >= 4 is 18.0 Å². The average molecular weight is 285 g/mol. The highest BCUT2D eigenvalue weighted by Crippen LogP contribution is 2.10. The number of nitrogens with zero attached hydrogens (tertiary/aromatic N) is 1. The Labute approximate surface area is 120 Å². The van der Waals surface area contributed by atoms with Crippen molar-refractivity contribution < 1.29 is 14.3 Å². The molecular formula is C13H25N4O3. The summed E-state index contributed by atoms with van der Waals surface area (Å²) in [5.74, 6) is -0.503. The van der Waals surface area contributed by atoms with Crippen molar-refractivity contribution in [1.29, 1.82) is 5.41 Å². The zero-order valence-corrected chi connectivity index (χ0v) is 12.7. The number of rotatable bonds is 6. The second-order valence-corrected chi connectivity index (χ2v) is 5.26. The molecule has 7 nitrogen and oxygen atoms in total. The smallest absolute Gasteiger partial charge is 0.417 e. The van der Waals surface area contributed by atoms with Crippen molar-refractivity contribution in [2.24, 2.45) is 5.73 Å². The number of hydrogen-bond acceptors (Lipinski definition) is 4. The van der Waals surface area contributed by atoms with Gasteiger partial charge in [0.1, 0.15) is 5.60 Å². The van der Waals surface area contributed by atoms with E-state index in [2.05, 4.69) is 5.32 Å².